The Balaban J connectivity index is 2.34. The lowest BCUT2D eigenvalue weighted by Gasteiger charge is -2.19. The van der Waals surface area contributed by atoms with Gasteiger partial charge in [0.2, 0.25) is 0 Å². The molecule has 3 aromatic rings. The molecule has 0 atom stereocenters. The van der Waals surface area contributed by atoms with Crippen molar-refractivity contribution in [3.8, 4) is 0 Å². The SMILES string of the molecule is O=[N+]([O-])c1ccc(C(=C(c2ccccc2)C(F)(F)F)c2ccccc2)cc1. The van der Waals surface area contributed by atoms with Crippen molar-refractivity contribution in [1.29, 1.82) is 0 Å². The molecule has 0 N–H and O–H groups in total. The van der Waals surface area contributed by atoms with Gasteiger partial charge in [-0.3, -0.25) is 10.1 Å². The van der Waals surface area contributed by atoms with Crippen LogP contribution in [0.4, 0.5) is 18.9 Å². The first-order valence-corrected chi connectivity index (χ1v) is 8.05. The van der Waals surface area contributed by atoms with Gasteiger partial charge < -0.3 is 0 Å². The molecule has 0 bridgehead atoms. The predicted molar refractivity (Wildman–Crippen MR) is 98.0 cm³/mol. The first kappa shape index (κ1) is 18.4. The van der Waals surface area contributed by atoms with Crippen molar-refractivity contribution in [1.82, 2.24) is 0 Å². The number of nitro groups is 1. The van der Waals surface area contributed by atoms with Crippen LogP contribution in [-0.2, 0) is 0 Å². The number of hydrogen-bond donors (Lipinski definition) is 0. The van der Waals surface area contributed by atoms with Crippen LogP contribution in [0, 0.1) is 10.1 Å². The zero-order valence-electron chi connectivity index (χ0n) is 14.0. The number of hydrogen-bond acceptors (Lipinski definition) is 2. The van der Waals surface area contributed by atoms with Gasteiger partial charge in [-0.15, -0.1) is 0 Å². The van der Waals surface area contributed by atoms with Gasteiger partial charge in [0.25, 0.3) is 5.69 Å². The van der Waals surface area contributed by atoms with Gasteiger partial charge in [-0.05, 0) is 28.8 Å². The van der Waals surface area contributed by atoms with Crippen LogP contribution in [-0.4, -0.2) is 11.1 Å². The summed E-state index contributed by atoms with van der Waals surface area (Å²) < 4.78 is 42.2. The number of nitrogens with zero attached hydrogens (tertiary/aromatic N) is 1. The normalized spacial score (nSPS) is 12.4. The monoisotopic (exact) mass is 369 g/mol. The molecular weight excluding hydrogens is 355 g/mol. The van der Waals surface area contributed by atoms with Crippen LogP contribution in [0.3, 0.4) is 0 Å². The van der Waals surface area contributed by atoms with Crippen molar-refractivity contribution in [3.05, 3.63) is 112 Å². The molecule has 3 nitrogen and oxygen atoms in total. The highest BCUT2D eigenvalue weighted by atomic mass is 19.4. The molecule has 27 heavy (non-hydrogen) atoms. The number of benzene rings is 3. The number of allylic oxidation sites excluding steroid dienone is 1. The molecule has 0 saturated heterocycles. The summed E-state index contributed by atoms with van der Waals surface area (Å²) in [5, 5.41) is 10.9. The lowest BCUT2D eigenvalue weighted by molar-refractivity contribution is -0.384. The molecule has 0 spiro atoms. The maximum absolute atomic E-state index is 14.1. The standard InChI is InChI=1S/C21H14F3NO2/c22-21(23,24)20(17-9-5-2-6-10-17)19(15-7-3-1-4-8-15)16-11-13-18(14-12-16)25(26)27/h1-14H. The average molecular weight is 369 g/mol. The Labute approximate surface area is 153 Å². The van der Waals surface area contributed by atoms with E-state index in [-0.39, 0.29) is 22.4 Å². The fraction of sp³-hybridized carbons (Fsp3) is 0.0476. The second kappa shape index (κ2) is 7.45. The van der Waals surface area contributed by atoms with Crippen LogP contribution in [0.25, 0.3) is 11.1 Å². The van der Waals surface area contributed by atoms with E-state index in [1.165, 1.54) is 36.4 Å². The van der Waals surface area contributed by atoms with Crippen molar-refractivity contribution < 1.29 is 18.1 Å². The molecule has 3 aromatic carbocycles. The van der Waals surface area contributed by atoms with Crippen LogP contribution in [0.15, 0.2) is 84.9 Å². The topological polar surface area (TPSA) is 43.1 Å². The summed E-state index contributed by atoms with van der Waals surface area (Å²) in [7, 11) is 0. The zero-order chi connectivity index (χ0) is 19.4. The van der Waals surface area contributed by atoms with Gasteiger partial charge in [0.15, 0.2) is 0 Å². The van der Waals surface area contributed by atoms with Crippen molar-refractivity contribution in [2.24, 2.45) is 0 Å². The van der Waals surface area contributed by atoms with Crippen molar-refractivity contribution in [2.45, 2.75) is 6.18 Å². The lowest BCUT2D eigenvalue weighted by atomic mass is 9.89. The molecule has 0 aliphatic carbocycles. The maximum Gasteiger partial charge on any atom is 0.417 e. The third kappa shape index (κ3) is 4.06. The lowest BCUT2D eigenvalue weighted by Crippen LogP contribution is -2.14. The van der Waals surface area contributed by atoms with E-state index in [1.54, 1.807) is 48.5 Å². The van der Waals surface area contributed by atoms with Crippen LogP contribution in [0.1, 0.15) is 16.7 Å². The van der Waals surface area contributed by atoms with Gasteiger partial charge in [0.1, 0.15) is 0 Å². The van der Waals surface area contributed by atoms with Crippen LogP contribution >= 0.6 is 0 Å². The van der Waals surface area contributed by atoms with Gasteiger partial charge in [-0.1, -0.05) is 60.7 Å². The average Bonchev–Trinajstić information content (AvgIpc) is 2.66. The maximum atomic E-state index is 14.1. The highest BCUT2D eigenvalue weighted by Gasteiger charge is 2.38. The molecule has 0 heterocycles. The van der Waals surface area contributed by atoms with E-state index in [1.807, 2.05) is 0 Å². The number of alkyl halides is 3. The third-order valence-corrected chi connectivity index (χ3v) is 4.03. The van der Waals surface area contributed by atoms with Gasteiger partial charge in [0.05, 0.1) is 10.5 Å². The molecule has 0 fully saturated rings. The highest BCUT2D eigenvalue weighted by molar-refractivity contribution is 6.00. The molecule has 0 aliphatic rings. The predicted octanol–water partition coefficient (Wildman–Crippen LogP) is 6.12. The number of nitro benzene ring substituents is 1. The minimum Gasteiger partial charge on any atom is -0.258 e. The summed E-state index contributed by atoms with van der Waals surface area (Å²) >= 11 is 0. The zero-order valence-corrected chi connectivity index (χ0v) is 14.0. The van der Waals surface area contributed by atoms with Crippen molar-refractivity contribution in [3.63, 3.8) is 0 Å². The summed E-state index contributed by atoms with van der Waals surface area (Å²) in [6.07, 6.45) is -4.62. The number of rotatable bonds is 4. The molecule has 6 heteroatoms. The van der Waals surface area contributed by atoms with Gasteiger partial charge in [0, 0.05) is 17.7 Å². The Morgan fingerprint density at radius 1 is 0.704 bits per heavy atom. The number of non-ortho nitro benzene ring substituents is 1. The first-order chi connectivity index (χ1) is 12.9. The fourth-order valence-corrected chi connectivity index (χ4v) is 2.86. The van der Waals surface area contributed by atoms with Gasteiger partial charge >= 0.3 is 6.18 Å². The van der Waals surface area contributed by atoms with Gasteiger partial charge in [-0.25, -0.2) is 0 Å². The summed E-state index contributed by atoms with van der Waals surface area (Å²) in [6, 6.07) is 20.8. The Morgan fingerprint density at radius 3 is 1.59 bits per heavy atom. The Kier molecular flexibility index (Phi) is 5.07. The van der Waals surface area contributed by atoms with E-state index < -0.39 is 16.7 Å². The third-order valence-electron chi connectivity index (χ3n) is 4.03. The summed E-state index contributed by atoms with van der Waals surface area (Å²) in [6.45, 7) is 0. The molecule has 0 radical (unpaired) electrons. The summed E-state index contributed by atoms with van der Waals surface area (Å²) in [5.74, 6) is 0. The Hall–Kier alpha value is -3.41. The Morgan fingerprint density at radius 2 is 1.15 bits per heavy atom. The van der Waals surface area contributed by atoms with Crippen LogP contribution < -0.4 is 0 Å². The van der Waals surface area contributed by atoms with E-state index in [0.717, 1.165) is 0 Å². The van der Waals surface area contributed by atoms with E-state index in [9.17, 15) is 23.3 Å². The summed E-state index contributed by atoms with van der Waals surface area (Å²) in [4.78, 5) is 10.3. The molecule has 0 amide bonds. The molecule has 0 saturated carbocycles. The second-order valence-corrected chi connectivity index (χ2v) is 5.78. The first-order valence-electron chi connectivity index (χ1n) is 8.05. The fourth-order valence-electron chi connectivity index (χ4n) is 2.86. The molecule has 0 unspecified atom stereocenters. The summed E-state index contributed by atoms with van der Waals surface area (Å²) in [5.41, 5.74) is -0.334. The smallest absolute Gasteiger partial charge is 0.258 e. The van der Waals surface area contributed by atoms with Crippen LogP contribution in [0.5, 0.6) is 0 Å². The van der Waals surface area contributed by atoms with E-state index in [2.05, 4.69) is 0 Å². The number of halogens is 3. The largest absolute Gasteiger partial charge is 0.417 e. The molecule has 0 aliphatic heterocycles. The van der Waals surface area contributed by atoms with Crippen LogP contribution in [0.2, 0.25) is 0 Å². The minimum atomic E-state index is -4.62. The van der Waals surface area contributed by atoms with Gasteiger partial charge in [-0.2, -0.15) is 13.2 Å². The van der Waals surface area contributed by atoms with E-state index in [0.29, 0.717) is 5.56 Å². The quantitative estimate of drug-likeness (QED) is 0.316. The minimum absolute atomic E-state index is 0.0239. The molecule has 3 rings (SSSR count). The van der Waals surface area contributed by atoms with E-state index >= 15 is 0 Å². The Bertz CT molecular complexity index is 964. The van der Waals surface area contributed by atoms with Crippen molar-refractivity contribution in [2.75, 3.05) is 0 Å². The van der Waals surface area contributed by atoms with Crippen molar-refractivity contribution >= 4 is 16.8 Å². The van der Waals surface area contributed by atoms with E-state index in [4.69, 9.17) is 0 Å². The molecule has 0 aromatic heterocycles. The second-order valence-electron chi connectivity index (χ2n) is 5.78. The molecule has 136 valence electrons. The highest BCUT2D eigenvalue weighted by Crippen LogP contribution is 2.42. The molecular formula is C21H14F3NO2.